The van der Waals surface area contributed by atoms with E-state index in [9.17, 15) is 10.1 Å². The van der Waals surface area contributed by atoms with Crippen molar-refractivity contribution in [3.63, 3.8) is 0 Å². The van der Waals surface area contributed by atoms with Gasteiger partial charge in [0.2, 0.25) is 5.91 Å². The van der Waals surface area contributed by atoms with Crippen LogP contribution in [0.4, 0.5) is 0 Å². The molecule has 6 heteroatoms. The van der Waals surface area contributed by atoms with Gasteiger partial charge in [-0.3, -0.25) is 14.7 Å². The van der Waals surface area contributed by atoms with Crippen LogP contribution in [0.5, 0.6) is 0 Å². The van der Waals surface area contributed by atoms with Crippen molar-refractivity contribution in [2.24, 2.45) is 5.92 Å². The highest BCUT2D eigenvalue weighted by Crippen LogP contribution is 2.39. The Bertz CT molecular complexity index is 539. The number of rotatable bonds is 8. The second-order valence-electron chi connectivity index (χ2n) is 5.93. The predicted octanol–water partition coefficient (Wildman–Crippen LogP) is 0.684. The van der Waals surface area contributed by atoms with E-state index in [1.807, 2.05) is 17.0 Å². The Labute approximate surface area is 130 Å². The molecule has 1 aliphatic carbocycles. The molecule has 0 saturated heterocycles. The Hall–Kier alpha value is -1.97. The Morgan fingerprint density at radius 1 is 1.64 bits per heavy atom. The maximum atomic E-state index is 12.2. The second-order valence-corrected chi connectivity index (χ2v) is 5.93. The van der Waals surface area contributed by atoms with Crippen LogP contribution in [-0.4, -0.2) is 46.1 Å². The highest BCUT2D eigenvalue weighted by atomic mass is 16.3. The van der Waals surface area contributed by atoms with Gasteiger partial charge in [0.25, 0.3) is 0 Å². The summed E-state index contributed by atoms with van der Waals surface area (Å²) in [7, 11) is 0. The summed E-state index contributed by atoms with van der Waals surface area (Å²) in [6.07, 6.45) is 5.41. The Morgan fingerprint density at radius 2 is 2.41 bits per heavy atom. The second kappa shape index (κ2) is 7.34. The summed E-state index contributed by atoms with van der Waals surface area (Å²) in [6.45, 7) is 2.84. The van der Waals surface area contributed by atoms with Crippen molar-refractivity contribution in [2.75, 3.05) is 19.7 Å². The molecule has 2 N–H and O–H groups in total. The van der Waals surface area contributed by atoms with Crippen molar-refractivity contribution in [3.05, 3.63) is 30.1 Å². The lowest BCUT2D eigenvalue weighted by molar-refractivity contribution is -0.123. The molecule has 2 rings (SSSR count). The van der Waals surface area contributed by atoms with Gasteiger partial charge in [-0.25, -0.2) is 0 Å². The van der Waals surface area contributed by atoms with Crippen LogP contribution in [0.3, 0.4) is 0 Å². The van der Waals surface area contributed by atoms with Gasteiger partial charge in [-0.15, -0.1) is 0 Å². The molecule has 1 unspecified atom stereocenters. The molecule has 1 atom stereocenters. The van der Waals surface area contributed by atoms with Gasteiger partial charge in [0.05, 0.1) is 19.2 Å². The molecule has 0 aromatic carbocycles. The fraction of sp³-hybridized carbons (Fsp3) is 0.562. The molecule has 1 aromatic heterocycles. The number of hydrogen-bond donors (Lipinski definition) is 2. The smallest absolute Gasteiger partial charge is 0.235 e. The molecule has 0 bridgehead atoms. The predicted molar refractivity (Wildman–Crippen MR) is 81.5 cm³/mol. The average molecular weight is 302 g/mol. The number of nitrogens with zero attached hydrogens (tertiary/aromatic N) is 3. The van der Waals surface area contributed by atoms with Gasteiger partial charge in [0, 0.05) is 25.5 Å². The standard InChI is InChI=1S/C16H22N4O2/c1-16(12-17,14-4-5-14)19-15(22)11-20(7-8-21)10-13-3-2-6-18-9-13/h2-3,6,9,14,21H,4-5,7-8,10-11H2,1H3,(H,19,22). The number of amides is 1. The fourth-order valence-corrected chi connectivity index (χ4v) is 2.52. The first kappa shape index (κ1) is 16.4. The maximum Gasteiger partial charge on any atom is 0.235 e. The molecule has 22 heavy (non-hydrogen) atoms. The summed E-state index contributed by atoms with van der Waals surface area (Å²) in [6, 6.07) is 5.99. The summed E-state index contributed by atoms with van der Waals surface area (Å²) in [5.41, 5.74) is 0.199. The zero-order chi connectivity index (χ0) is 16.0. The van der Waals surface area contributed by atoms with Crippen LogP contribution in [0.25, 0.3) is 0 Å². The third-order valence-electron chi connectivity index (χ3n) is 3.94. The van der Waals surface area contributed by atoms with Crippen molar-refractivity contribution in [1.29, 1.82) is 5.26 Å². The van der Waals surface area contributed by atoms with E-state index < -0.39 is 5.54 Å². The van der Waals surface area contributed by atoms with Crippen LogP contribution < -0.4 is 5.32 Å². The molecule has 6 nitrogen and oxygen atoms in total. The van der Waals surface area contributed by atoms with Crippen molar-refractivity contribution in [3.8, 4) is 6.07 Å². The van der Waals surface area contributed by atoms with Gasteiger partial charge in [-0.2, -0.15) is 5.26 Å². The molecule has 1 fully saturated rings. The van der Waals surface area contributed by atoms with E-state index in [1.165, 1.54) is 0 Å². The molecule has 0 aliphatic heterocycles. The number of pyridine rings is 1. The van der Waals surface area contributed by atoms with E-state index >= 15 is 0 Å². The van der Waals surface area contributed by atoms with Crippen LogP contribution in [0.15, 0.2) is 24.5 Å². The third kappa shape index (κ3) is 4.52. The third-order valence-corrected chi connectivity index (χ3v) is 3.94. The van der Waals surface area contributed by atoms with Crippen LogP contribution in [-0.2, 0) is 11.3 Å². The molecule has 0 radical (unpaired) electrons. The van der Waals surface area contributed by atoms with E-state index in [2.05, 4.69) is 16.4 Å². The van der Waals surface area contributed by atoms with E-state index in [0.29, 0.717) is 13.1 Å². The largest absolute Gasteiger partial charge is 0.395 e. The van der Waals surface area contributed by atoms with E-state index in [-0.39, 0.29) is 25.0 Å². The zero-order valence-electron chi connectivity index (χ0n) is 12.8. The summed E-state index contributed by atoms with van der Waals surface area (Å²) in [5.74, 6) is 0.0688. The van der Waals surface area contributed by atoms with Crippen LogP contribution >= 0.6 is 0 Å². The number of nitriles is 1. The van der Waals surface area contributed by atoms with Gasteiger partial charge in [-0.05, 0) is 37.3 Å². The maximum absolute atomic E-state index is 12.2. The molecule has 1 heterocycles. The van der Waals surface area contributed by atoms with Gasteiger partial charge in [0.15, 0.2) is 0 Å². The lowest BCUT2D eigenvalue weighted by Gasteiger charge is -2.26. The fourth-order valence-electron chi connectivity index (χ4n) is 2.52. The van der Waals surface area contributed by atoms with Crippen molar-refractivity contribution >= 4 is 5.91 Å². The number of carbonyl (C=O) groups excluding carboxylic acids is 1. The monoisotopic (exact) mass is 302 g/mol. The van der Waals surface area contributed by atoms with Crippen LogP contribution in [0.2, 0.25) is 0 Å². The quantitative estimate of drug-likeness (QED) is 0.737. The lowest BCUT2D eigenvalue weighted by Crippen LogP contribution is -2.50. The minimum Gasteiger partial charge on any atom is -0.395 e. The number of carbonyl (C=O) groups is 1. The molecule has 0 spiro atoms. The SMILES string of the molecule is CC(C#N)(NC(=O)CN(CCO)Cc1cccnc1)C1CC1. The molecule has 1 aliphatic rings. The Morgan fingerprint density at radius 3 is 2.95 bits per heavy atom. The summed E-state index contributed by atoms with van der Waals surface area (Å²) in [5, 5.41) is 21.3. The van der Waals surface area contributed by atoms with Crippen molar-refractivity contribution in [2.45, 2.75) is 31.8 Å². The van der Waals surface area contributed by atoms with Crippen molar-refractivity contribution in [1.82, 2.24) is 15.2 Å². The number of hydrogen-bond acceptors (Lipinski definition) is 5. The van der Waals surface area contributed by atoms with Crippen LogP contribution in [0.1, 0.15) is 25.3 Å². The summed E-state index contributed by atoms with van der Waals surface area (Å²) in [4.78, 5) is 18.1. The average Bonchev–Trinajstić information content (AvgIpc) is 3.33. The van der Waals surface area contributed by atoms with Gasteiger partial charge in [-0.1, -0.05) is 6.07 Å². The van der Waals surface area contributed by atoms with Crippen molar-refractivity contribution < 1.29 is 9.90 Å². The van der Waals surface area contributed by atoms with Gasteiger partial charge >= 0.3 is 0 Å². The van der Waals surface area contributed by atoms with Gasteiger partial charge < -0.3 is 10.4 Å². The molecule has 118 valence electrons. The minimum absolute atomic E-state index is 0.0221. The molecule has 1 amide bonds. The van der Waals surface area contributed by atoms with E-state index in [4.69, 9.17) is 5.11 Å². The molecular formula is C16H22N4O2. The zero-order valence-corrected chi connectivity index (χ0v) is 12.8. The van der Waals surface area contributed by atoms with Gasteiger partial charge in [0.1, 0.15) is 5.54 Å². The summed E-state index contributed by atoms with van der Waals surface area (Å²) < 4.78 is 0. The Kier molecular flexibility index (Phi) is 5.47. The highest BCUT2D eigenvalue weighted by molar-refractivity contribution is 5.79. The number of aromatic nitrogens is 1. The topological polar surface area (TPSA) is 89.2 Å². The van der Waals surface area contributed by atoms with Crippen LogP contribution in [0, 0.1) is 17.2 Å². The Balaban J connectivity index is 1.92. The number of aliphatic hydroxyl groups is 1. The first-order chi connectivity index (χ1) is 10.6. The first-order valence-electron chi connectivity index (χ1n) is 7.52. The first-order valence-corrected chi connectivity index (χ1v) is 7.52. The minimum atomic E-state index is -0.781. The number of aliphatic hydroxyl groups excluding tert-OH is 1. The van der Waals surface area contributed by atoms with E-state index in [1.54, 1.807) is 19.3 Å². The lowest BCUT2D eigenvalue weighted by atomic mass is 9.98. The normalized spacial score (nSPS) is 16.8. The van der Waals surface area contributed by atoms with E-state index in [0.717, 1.165) is 18.4 Å². The molecular weight excluding hydrogens is 280 g/mol. The molecule has 1 aromatic rings. The number of nitrogens with one attached hydrogen (secondary N) is 1. The highest BCUT2D eigenvalue weighted by Gasteiger charge is 2.43. The molecule has 1 saturated carbocycles. The summed E-state index contributed by atoms with van der Waals surface area (Å²) >= 11 is 0.